The maximum absolute atomic E-state index is 3.47. The van der Waals surface area contributed by atoms with E-state index in [0.29, 0.717) is 0 Å². The molecule has 2 nitrogen and oxygen atoms in total. The summed E-state index contributed by atoms with van der Waals surface area (Å²) in [6.07, 6.45) is 4.31. The Kier molecular flexibility index (Phi) is 3.61. The summed E-state index contributed by atoms with van der Waals surface area (Å²) in [7, 11) is 1.97. The molecule has 0 saturated heterocycles. The molecule has 15 heavy (non-hydrogen) atoms. The lowest BCUT2D eigenvalue weighted by Gasteiger charge is -1.99. The fourth-order valence-corrected chi connectivity index (χ4v) is 2.97. The summed E-state index contributed by atoms with van der Waals surface area (Å²) in [5, 5.41) is 5.27. The van der Waals surface area contributed by atoms with Gasteiger partial charge in [0.15, 0.2) is 0 Å². The fourth-order valence-electron chi connectivity index (χ4n) is 1.51. The van der Waals surface area contributed by atoms with Crippen LogP contribution >= 0.6 is 27.3 Å². The fraction of sp³-hybridized carbons (Fsp3) is 0.273. The van der Waals surface area contributed by atoms with Crippen molar-refractivity contribution in [3.8, 4) is 0 Å². The Morgan fingerprint density at radius 2 is 2.40 bits per heavy atom. The monoisotopic (exact) mass is 284 g/mol. The molecule has 0 amide bonds. The molecule has 2 rings (SSSR count). The number of hydrogen-bond donors (Lipinski definition) is 1. The highest BCUT2D eigenvalue weighted by atomic mass is 79.9. The van der Waals surface area contributed by atoms with Gasteiger partial charge < -0.3 is 9.88 Å². The van der Waals surface area contributed by atoms with Crippen LogP contribution in [0.5, 0.6) is 0 Å². The predicted molar refractivity (Wildman–Crippen MR) is 68.3 cm³/mol. The Morgan fingerprint density at radius 1 is 1.53 bits per heavy atom. The van der Waals surface area contributed by atoms with Crippen molar-refractivity contribution in [2.75, 3.05) is 7.05 Å². The second-order valence-corrected chi connectivity index (χ2v) is 5.37. The van der Waals surface area contributed by atoms with Gasteiger partial charge in [-0.1, -0.05) is 0 Å². The van der Waals surface area contributed by atoms with Gasteiger partial charge in [-0.3, -0.25) is 0 Å². The molecule has 0 aliphatic rings. The Hall–Kier alpha value is -0.580. The van der Waals surface area contributed by atoms with Gasteiger partial charge in [-0.25, -0.2) is 0 Å². The van der Waals surface area contributed by atoms with Gasteiger partial charge in [0.05, 0.1) is 6.54 Å². The van der Waals surface area contributed by atoms with Crippen LogP contribution in [0.15, 0.2) is 34.4 Å². The van der Waals surface area contributed by atoms with E-state index in [0.717, 1.165) is 13.1 Å². The predicted octanol–water partition coefficient (Wildman–Crippen LogP) is 3.08. The van der Waals surface area contributed by atoms with Crippen LogP contribution in [0.2, 0.25) is 0 Å². The third kappa shape index (κ3) is 2.93. The average molecular weight is 285 g/mol. The van der Waals surface area contributed by atoms with Crippen molar-refractivity contribution < 1.29 is 0 Å². The number of nitrogens with one attached hydrogen (secondary N) is 1. The third-order valence-corrected chi connectivity index (χ3v) is 3.84. The van der Waals surface area contributed by atoms with Crippen molar-refractivity contribution in [2.45, 2.75) is 13.1 Å². The molecule has 1 N–H and O–H groups in total. The topological polar surface area (TPSA) is 17.0 Å². The lowest BCUT2D eigenvalue weighted by molar-refractivity contribution is 0.789. The quantitative estimate of drug-likeness (QED) is 0.913. The molecule has 80 valence electrons. The minimum atomic E-state index is 0.932. The van der Waals surface area contributed by atoms with E-state index in [1.165, 1.54) is 14.9 Å². The zero-order valence-corrected chi connectivity index (χ0v) is 10.9. The molecule has 0 saturated carbocycles. The van der Waals surface area contributed by atoms with E-state index in [-0.39, 0.29) is 0 Å². The molecule has 0 radical (unpaired) electrons. The maximum atomic E-state index is 3.47. The third-order valence-electron chi connectivity index (χ3n) is 2.15. The first-order chi connectivity index (χ1) is 7.28. The van der Waals surface area contributed by atoms with E-state index in [2.05, 4.69) is 55.7 Å². The SMILES string of the molecule is CNCc1ccn(Cc2cc(Br)cs2)c1. The number of rotatable bonds is 4. The second kappa shape index (κ2) is 4.96. The molecule has 0 spiro atoms. The van der Waals surface area contributed by atoms with Crippen LogP contribution < -0.4 is 5.32 Å². The van der Waals surface area contributed by atoms with E-state index >= 15 is 0 Å². The number of hydrogen-bond acceptors (Lipinski definition) is 2. The molecule has 4 heteroatoms. The molecule has 0 atom stereocenters. The van der Waals surface area contributed by atoms with Crippen LogP contribution in [-0.2, 0) is 13.1 Å². The van der Waals surface area contributed by atoms with Gasteiger partial charge in [0.2, 0.25) is 0 Å². The van der Waals surface area contributed by atoms with Gasteiger partial charge in [0.25, 0.3) is 0 Å². The summed E-state index contributed by atoms with van der Waals surface area (Å²) in [6.45, 7) is 1.89. The molecule has 2 heterocycles. The van der Waals surface area contributed by atoms with Gasteiger partial charge in [-0.05, 0) is 40.7 Å². The van der Waals surface area contributed by atoms with E-state index in [4.69, 9.17) is 0 Å². The van der Waals surface area contributed by atoms with Crippen LogP contribution in [-0.4, -0.2) is 11.6 Å². The molecule has 2 aromatic rings. The zero-order chi connectivity index (χ0) is 10.7. The van der Waals surface area contributed by atoms with E-state index in [9.17, 15) is 0 Å². The van der Waals surface area contributed by atoms with Crippen molar-refractivity contribution in [1.29, 1.82) is 0 Å². The normalized spacial score (nSPS) is 10.8. The largest absolute Gasteiger partial charge is 0.349 e. The molecule has 0 unspecified atom stereocenters. The molecular weight excluding hydrogens is 272 g/mol. The molecule has 0 aromatic carbocycles. The van der Waals surface area contributed by atoms with E-state index in [1.807, 2.05) is 7.05 Å². The van der Waals surface area contributed by atoms with E-state index < -0.39 is 0 Å². The molecule has 0 fully saturated rings. The molecule has 0 bridgehead atoms. The summed E-state index contributed by atoms with van der Waals surface area (Å²) < 4.78 is 3.38. The summed E-state index contributed by atoms with van der Waals surface area (Å²) in [6, 6.07) is 4.32. The highest BCUT2D eigenvalue weighted by Gasteiger charge is 2.00. The van der Waals surface area contributed by atoms with Crippen LogP contribution in [0.4, 0.5) is 0 Å². The summed E-state index contributed by atoms with van der Waals surface area (Å²) >= 11 is 5.25. The smallest absolute Gasteiger partial charge is 0.0564 e. The van der Waals surface area contributed by atoms with Crippen LogP contribution in [0.3, 0.4) is 0 Å². The van der Waals surface area contributed by atoms with Crippen LogP contribution in [0.1, 0.15) is 10.4 Å². The van der Waals surface area contributed by atoms with Crippen molar-refractivity contribution >= 4 is 27.3 Å². The first-order valence-corrected chi connectivity index (χ1v) is 6.47. The van der Waals surface area contributed by atoms with Crippen molar-refractivity contribution in [2.24, 2.45) is 0 Å². The average Bonchev–Trinajstić information content (AvgIpc) is 2.78. The molecular formula is C11H13BrN2S. The minimum Gasteiger partial charge on any atom is -0.349 e. The highest BCUT2D eigenvalue weighted by molar-refractivity contribution is 9.10. The Bertz CT molecular complexity index is 433. The molecule has 0 aliphatic heterocycles. The van der Waals surface area contributed by atoms with Gasteiger partial charge in [-0.2, -0.15) is 0 Å². The standard InChI is InChI=1S/C11H13BrN2S/c1-13-5-9-2-3-14(6-9)7-11-4-10(12)8-15-11/h2-4,6,8,13H,5,7H2,1H3. The maximum Gasteiger partial charge on any atom is 0.0564 e. The van der Waals surface area contributed by atoms with Crippen LogP contribution in [0.25, 0.3) is 0 Å². The lowest BCUT2D eigenvalue weighted by atomic mass is 10.3. The number of aromatic nitrogens is 1. The summed E-state index contributed by atoms with van der Waals surface area (Å²) in [5.74, 6) is 0. The van der Waals surface area contributed by atoms with Gasteiger partial charge in [0.1, 0.15) is 0 Å². The first kappa shape index (κ1) is 10.9. The first-order valence-electron chi connectivity index (χ1n) is 4.80. The molecule has 0 aliphatic carbocycles. The molecule has 2 aromatic heterocycles. The van der Waals surface area contributed by atoms with Crippen molar-refractivity contribution in [3.63, 3.8) is 0 Å². The Labute approximate surface area is 102 Å². The Morgan fingerprint density at radius 3 is 3.07 bits per heavy atom. The van der Waals surface area contributed by atoms with Gasteiger partial charge >= 0.3 is 0 Å². The number of halogens is 1. The highest BCUT2D eigenvalue weighted by Crippen LogP contribution is 2.20. The van der Waals surface area contributed by atoms with Gasteiger partial charge in [-0.15, -0.1) is 11.3 Å². The van der Waals surface area contributed by atoms with Crippen LogP contribution in [0, 0.1) is 0 Å². The Balaban J connectivity index is 2.04. The van der Waals surface area contributed by atoms with Crippen molar-refractivity contribution in [3.05, 3.63) is 44.8 Å². The summed E-state index contributed by atoms with van der Waals surface area (Å²) in [4.78, 5) is 1.37. The lowest BCUT2D eigenvalue weighted by Crippen LogP contribution is -2.04. The number of nitrogens with zero attached hydrogens (tertiary/aromatic N) is 1. The van der Waals surface area contributed by atoms with E-state index in [1.54, 1.807) is 11.3 Å². The van der Waals surface area contributed by atoms with Crippen molar-refractivity contribution in [1.82, 2.24) is 9.88 Å². The number of thiophene rings is 1. The second-order valence-electron chi connectivity index (χ2n) is 3.45. The minimum absolute atomic E-state index is 0.932. The zero-order valence-electron chi connectivity index (χ0n) is 8.53. The summed E-state index contributed by atoms with van der Waals surface area (Å²) in [5.41, 5.74) is 1.33. The van der Waals surface area contributed by atoms with Gasteiger partial charge in [0, 0.05) is 33.7 Å².